The van der Waals surface area contributed by atoms with Gasteiger partial charge in [0.25, 0.3) is 0 Å². The average Bonchev–Trinajstić information content (AvgIpc) is 2.33. The molecule has 5 unspecified atom stereocenters. The zero-order valence-corrected chi connectivity index (χ0v) is 11.9. The van der Waals surface area contributed by atoms with Crippen LogP contribution in [-0.2, 0) is 0 Å². The van der Waals surface area contributed by atoms with Gasteiger partial charge in [-0.1, -0.05) is 20.3 Å². The lowest BCUT2D eigenvalue weighted by molar-refractivity contribution is 0.0342. The highest BCUT2D eigenvalue weighted by Crippen LogP contribution is 2.33. The van der Waals surface area contributed by atoms with Gasteiger partial charge in [-0.3, -0.25) is 4.90 Å². The minimum absolute atomic E-state index is 0.422. The third-order valence-corrected chi connectivity index (χ3v) is 5.15. The maximum atomic E-state index is 6.39. The summed E-state index contributed by atoms with van der Waals surface area (Å²) in [5.41, 5.74) is 6.39. The summed E-state index contributed by atoms with van der Waals surface area (Å²) >= 11 is 0. The number of piperidine rings is 1. The van der Waals surface area contributed by atoms with Crippen molar-refractivity contribution < 1.29 is 0 Å². The van der Waals surface area contributed by atoms with Crippen LogP contribution < -0.4 is 5.73 Å². The van der Waals surface area contributed by atoms with E-state index in [-0.39, 0.29) is 0 Å². The lowest BCUT2D eigenvalue weighted by Crippen LogP contribution is -2.56. The molecule has 0 bridgehead atoms. The maximum absolute atomic E-state index is 6.39. The van der Waals surface area contributed by atoms with Gasteiger partial charge in [0.15, 0.2) is 0 Å². The third-order valence-electron chi connectivity index (χ3n) is 5.15. The molecule has 17 heavy (non-hydrogen) atoms. The van der Waals surface area contributed by atoms with Crippen molar-refractivity contribution in [2.75, 3.05) is 6.54 Å². The summed E-state index contributed by atoms with van der Waals surface area (Å²) in [5.74, 6) is 1.78. The van der Waals surface area contributed by atoms with Gasteiger partial charge in [0, 0.05) is 24.7 Å². The fourth-order valence-electron chi connectivity index (χ4n) is 3.79. The van der Waals surface area contributed by atoms with Crippen LogP contribution in [0.25, 0.3) is 0 Å². The Morgan fingerprint density at radius 3 is 2.59 bits per heavy atom. The van der Waals surface area contributed by atoms with E-state index in [9.17, 15) is 0 Å². The molecule has 0 spiro atoms. The van der Waals surface area contributed by atoms with Gasteiger partial charge in [-0.05, 0) is 50.9 Å². The summed E-state index contributed by atoms with van der Waals surface area (Å²) in [4.78, 5) is 2.74. The molecular formula is C15H30N2. The molecule has 2 heteroatoms. The quantitative estimate of drug-likeness (QED) is 0.801. The molecule has 2 N–H and O–H groups in total. The Bertz CT molecular complexity index is 241. The summed E-state index contributed by atoms with van der Waals surface area (Å²) in [7, 11) is 0. The number of hydrogen-bond donors (Lipinski definition) is 1. The van der Waals surface area contributed by atoms with Gasteiger partial charge in [-0.25, -0.2) is 0 Å². The number of rotatable bonds is 2. The summed E-state index contributed by atoms with van der Waals surface area (Å²) in [5, 5.41) is 0. The molecule has 0 amide bonds. The van der Waals surface area contributed by atoms with Gasteiger partial charge in [-0.15, -0.1) is 0 Å². The van der Waals surface area contributed by atoms with E-state index in [1.807, 2.05) is 0 Å². The lowest BCUT2D eigenvalue weighted by atomic mass is 9.79. The van der Waals surface area contributed by atoms with Crippen molar-refractivity contribution in [1.82, 2.24) is 4.90 Å². The molecule has 1 aliphatic carbocycles. The fraction of sp³-hybridized carbons (Fsp3) is 1.00. The highest BCUT2D eigenvalue weighted by atomic mass is 15.2. The Morgan fingerprint density at radius 2 is 1.88 bits per heavy atom. The van der Waals surface area contributed by atoms with Gasteiger partial charge >= 0.3 is 0 Å². The molecular weight excluding hydrogens is 208 g/mol. The molecule has 2 aliphatic rings. The number of nitrogens with zero attached hydrogens (tertiary/aromatic N) is 1. The maximum Gasteiger partial charge on any atom is 0.0252 e. The first-order chi connectivity index (χ1) is 8.11. The Hall–Kier alpha value is -0.0800. The fourth-order valence-corrected chi connectivity index (χ4v) is 3.79. The number of nitrogens with two attached hydrogens (primary N) is 1. The largest absolute Gasteiger partial charge is 0.326 e. The highest BCUT2D eigenvalue weighted by Gasteiger charge is 2.36. The van der Waals surface area contributed by atoms with Crippen molar-refractivity contribution in [1.29, 1.82) is 0 Å². The smallest absolute Gasteiger partial charge is 0.0252 e. The summed E-state index contributed by atoms with van der Waals surface area (Å²) in [6.07, 6.45) is 8.03. The van der Waals surface area contributed by atoms with Gasteiger partial charge in [0.05, 0.1) is 0 Å². The standard InChI is InChI=1S/C15H30N2/c1-4-13-7-8-14(16)15(9-13)17-10-11(2)5-6-12(17)3/h11-15H,4-10,16H2,1-3H3. The van der Waals surface area contributed by atoms with Crippen molar-refractivity contribution in [3.8, 4) is 0 Å². The third kappa shape index (κ3) is 3.03. The molecule has 0 aromatic rings. The predicted octanol–water partition coefficient (Wildman–Crippen LogP) is 3.01. The highest BCUT2D eigenvalue weighted by molar-refractivity contribution is 4.93. The minimum Gasteiger partial charge on any atom is -0.326 e. The Labute approximate surface area is 107 Å². The minimum atomic E-state index is 0.422. The summed E-state index contributed by atoms with van der Waals surface area (Å²) < 4.78 is 0. The van der Waals surface area contributed by atoms with E-state index in [0.29, 0.717) is 12.1 Å². The molecule has 0 aromatic heterocycles. The van der Waals surface area contributed by atoms with E-state index < -0.39 is 0 Å². The Balaban J connectivity index is 2.02. The summed E-state index contributed by atoms with van der Waals surface area (Å²) in [6.45, 7) is 8.40. The number of likely N-dealkylation sites (tertiary alicyclic amines) is 1. The number of hydrogen-bond acceptors (Lipinski definition) is 2. The molecule has 100 valence electrons. The molecule has 1 aliphatic heterocycles. The molecule has 0 radical (unpaired) electrons. The molecule has 2 fully saturated rings. The second kappa shape index (κ2) is 5.71. The average molecular weight is 238 g/mol. The Kier molecular flexibility index (Phi) is 4.48. The van der Waals surface area contributed by atoms with E-state index >= 15 is 0 Å². The predicted molar refractivity (Wildman–Crippen MR) is 74.0 cm³/mol. The van der Waals surface area contributed by atoms with Crippen molar-refractivity contribution >= 4 is 0 Å². The summed E-state index contributed by atoms with van der Waals surface area (Å²) in [6, 6.07) is 1.83. The van der Waals surface area contributed by atoms with Crippen LogP contribution in [0.1, 0.15) is 59.3 Å². The van der Waals surface area contributed by atoms with E-state index in [4.69, 9.17) is 5.73 Å². The van der Waals surface area contributed by atoms with Gasteiger partial charge in [0.1, 0.15) is 0 Å². The zero-order chi connectivity index (χ0) is 12.4. The normalized spacial score (nSPS) is 44.8. The molecule has 5 atom stereocenters. The van der Waals surface area contributed by atoms with Crippen LogP contribution in [0.15, 0.2) is 0 Å². The van der Waals surface area contributed by atoms with Crippen LogP contribution in [0.3, 0.4) is 0 Å². The van der Waals surface area contributed by atoms with Gasteiger partial charge < -0.3 is 5.73 Å². The monoisotopic (exact) mass is 238 g/mol. The van der Waals surface area contributed by atoms with Crippen LogP contribution in [0, 0.1) is 11.8 Å². The van der Waals surface area contributed by atoms with Crippen LogP contribution in [0.2, 0.25) is 0 Å². The van der Waals surface area contributed by atoms with Crippen molar-refractivity contribution in [2.45, 2.75) is 77.4 Å². The molecule has 2 rings (SSSR count). The molecule has 1 saturated heterocycles. The van der Waals surface area contributed by atoms with Crippen molar-refractivity contribution in [3.63, 3.8) is 0 Å². The van der Waals surface area contributed by atoms with Crippen molar-refractivity contribution in [2.24, 2.45) is 17.6 Å². The molecule has 0 aromatic carbocycles. The van der Waals surface area contributed by atoms with E-state index in [0.717, 1.165) is 17.9 Å². The molecule has 1 saturated carbocycles. The van der Waals surface area contributed by atoms with Gasteiger partial charge in [-0.2, -0.15) is 0 Å². The van der Waals surface area contributed by atoms with Crippen LogP contribution >= 0.6 is 0 Å². The van der Waals surface area contributed by atoms with E-state index in [1.165, 1.54) is 45.1 Å². The molecule has 1 heterocycles. The second-order valence-corrected chi connectivity index (χ2v) is 6.55. The lowest BCUT2D eigenvalue weighted by Gasteiger charge is -2.47. The topological polar surface area (TPSA) is 29.3 Å². The van der Waals surface area contributed by atoms with Crippen LogP contribution in [0.5, 0.6) is 0 Å². The van der Waals surface area contributed by atoms with Crippen LogP contribution in [0.4, 0.5) is 0 Å². The second-order valence-electron chi connectivity index (χ2n) is 6.55. The SMILES string of the molecule is CCC1CCC(N)C(N2CC(C)CCC2C)C1. The van der Waals surface area contributed by atoms with E-state index in [2.05, 4.69) is 25.7 Å². The zero-order valence-electron chi connectivity index (χ0n) is 11.9. The van der Waals surface area contributed by atoms with Crippen molar-refractivity contribution in [3.05, 3.63) is 0 Å². The first-order valence-electron chi connectivity index (χ1n) is 7.63. The van der Waals surface area contributed by atoms with Crippen LogP contribution in [-0.4, -0.2) is 29.6 Å². The van der Waals surface area contributed by atoms with Gasteiger partial charge in [0.2, 0.25) is 0 Å². The first-order valence-corrected chi connectivity index (χ1v) is 7.63. The molecule has 2 nitrogen and oxygen atoms in total. The first kappa shape index (κ1) is 13.4. The Morgan fingerprint density at radius 1 is 1.12 bits per heavy atom. The van der Waals surface area contributed by atoms with E-state index in [1.54, 1.807) is 0 Å².